The highest BCUT2D eigenvalue weighted by molar-refractivity contribution is 5.32. The Morgan fingerprint density at radius 1 is 1.29 bits per heavy atom. The summed E-state index contributed by atoms with van der Waals surface area (Å²) in [5.41, 5.74) is 2.91. The van der Waals surface area contributed by atoms with Crippen LogP contribution in [0.4, 0.5) is 0 Å². The molecular formula is C15H23NO. The summed E-state index contributed by atoms with van der Waals surface area (Å²) in [5, 5.41) is 3.58. The molecule has 0 aromatic heterocycles. The molecule has 0 radical (unpaired) electrons. The molecule has 1 aliphatic heterocycles. The quantitative estimate of drug-likeness (QED) is 0.866. The van der Waals surface area contributed by atoms with E-state index in [0.717, 1.165) is 26.0 Å². The van der Waals surface area contributed by atoms with E-state index >= 15 is 0 Å². The number of hydrogen-bond donors (Lipinski definition) is 1. The van der Waals surface area contributed by atoms with E-state index in [2.05, 4.69) is 50.4 Å². The summed E-state index contributed by atoms with van der Waals surface area (Å²) in [6.45, 7) is 8.21. The SMILES string of the molecule is CC(C)(C)OCCC1NCCc2ccccc21. The van der Waals surface area contributed by atoms with Crippen LogP contribution in [0, 0.1) is 0 Å². The van der Waals surface area contributed by atoms with E-state index in [-0.39, 0.29) is 5.60 Å². The molecule has 17 heavy (non-hydrogen) atoms. The van der Waals surface area contributed by atoms with Gasteiger partial charge >= 0.3 is 0 Å². The lowest BCUT2D eigenvalue weighted by molar-refractivity contribution is -0.00746. The zero-order valence-corrected chi connectivity index (χ0v) is 11.1. The molecule has 2 rings (SSSR count). The van der Waals surface area contributed by atoms with Crippen LogP contribution in [-0.2, 0) is 11.2 Å². The van der Waals surface area contributed by atoms with E-state index in [1.165, 1.54) is 11.1 Å². The molecule has 1 aromatic rings. The Morgan fingerprint density at radius 2 is 2.06 bits per heavy atom. The Bertz CT molecular complexity index is 367. The van der Waals surface area contributed by atoms with Crippen LogP contribution in [0.25, 0.3) is 0 Å². The molecule has 0 saturated heterocycles. The molecule has 1 unspecified atom stereocenters. The number of nitrogens with one attached hydrogen (secondary N) is 1. The molecule has 1 aliphatic rings. The third-order valence-corrected chi connectivity index (χ3v) is 3.16. The second kappa shape index (κ2) is 5.19. The summed E-state index contributed by atoms with van der Waals surface area (Å²) in [6.07, 6.45) is 2.20. The van der Waals surface area contributed by atoms with E-state index in [9.17, 15) is 0 Å². The number of fused-ring (bicyclic) bond motifs is 1. The summed E-state index contributed by atoms with van der Waals surface area (Å²) in [4.78, 5) is 0. The average molecular weight is 233 g/mol. The highest BCUT2D eigenvalue weighted by atomic mass is 16.5. The smallest absolute Gasteiger partial charge is 0.0598 e. The van der Waals surface area contributed by atoms with Gasteiger partial charge in [-0.25, -0.2) is 0 Å². The van der Waals surface area contributed by atoms with Gasteiger partial charge in [0.05, 0.1) is 5.60 Å². The van der Waals surface area contributed by atoms with Crippen LogP contribution in [-0.4, -0.2) is 18.8 Å². The van der Waals surface area contributed by atoms with Crippen molar-refractivity contribution >= 4 is 0 Å². The molecule has 1 atom stereocenters. The monoisotopic (exact) mass is 233 g/mol. The standard InChI is InChI=1S/C15H23NO/c1-15(2,3)17-11-9-14-13-7-5-4-6-12(13)8-10-16-14/h4-7,14,16H,8-11H2,1-3H3. The van der Waals surface area contributed by atoms with Crippen LogP contribution >= 0.6 is 0 Å². The van der Waals surface area contributed by atoms with E-state index in [1.807, 2.05) is 0 Å². The van der Waals surface area contributed by atoms with Crippen molar-refractivity contribution in [2.24, 2.45) is 0 Å². The third kappa shape index (κ3) is 3.55. The van der Waals surface area contributed by atoms with Crippen molar-refractivity contribution in [3.05, 3.63) is 35.4 Å². The Kier molecular flexibility index (Phi) is 3.85. The Hall–Kier alpha value is -0.860. The summed E-state index contributed by atoms with van der Waals surface area (Å²) in [7, 11) is 0. The second-order valence-electron chi connectivity index (χ2n) is 5.71. The molecule has 0 amide bonds. The van der Waals surface area contributed by atoms with Crippen molar-refractivity contribution in [3.8, 4) is 0 Å². The summed E-state index contributed by atoms with van der Waals surface area (Å²) in [5.74, 6) is 0. The minimum Gasteiger partial charge on any atom is -0.376 e. The van der Waals surface area contributed by atoms with Crippen LogP contribution in [0.15, 0.2) is 24.3 Å². The van der Waals surface area contributed by atoms with Gasteiger partial charge in [0.15, 0.2) is 0 Å². The predicted molar refractivity (Wildman–Crippen MR) is 71.2 cm³/mol. The topological polar surface area (TPSA) is 21.3 Å². The average Bonchev–Trinajstić information content (AvgIpc) is 2.28. The molecule has 0 saturated carbocycles. The first-order valence-corrected chi connectivity index (χ1v) is 6.51. The van der Waals surface area contributed by atoms with Gasteiger partial charge in [0.1, 0.15) is 0 Å². The first-order chi connectivity index (χ1) is 8.06. The lowest BCUT2D eigenvalue weighted by Crippen LogP contribution is -2.31. The molecule has 2 nitrogen and oxygen atoms in total. The largest absolute Gasteiger partial charge is 0.376 e. The zero-order chi connectivity index (χ0) is 12.3. The van der Waals surface area contributed by atoms with Crippen LogP contribution in [0.1, 0.15) is 44.4 Å². The van der Waals surface area contributed by atoms with Crippen molar-refractivity contribution in [2.75, 3.05) is 13.2 Å². The van der Waals surface area contributed by atoms with Crippen LogP contribution in [0.3, 0.4) is 0 Å². The number of hydrogen-bond acceptors (Lipinski definition) is 2. The first-order valence-electron chi connectivity index (χ1n) is 6.51. The lowest BCUT2D eigenvalue weighted by atomic mass is 9.93. The summed E-state index contributed by atoms with van der Waals surface area (Å²) in [6, 6.07) is 9.20. The number of rotatable bonds is 3. The van der Waals surface area contributed by atoms with Crippen molar-refractivity contribution in [3.63, 3.8) is 0 Å². The van der Waals surface area contributed by atoms with Crippen molar-refractivity contribution in [1.29, 1.82) is 0 Å². The predicted octanol–water partition coefficient (Wildman–Crippen LogP) is 3.08. The molecule has 0 aliphatic carbocycles. The number of benzene rings is 1. The van der Waals surface area contributed by atoms with Gasteiger partial charge in [-0.05, 0) is 51.3 Å². The van der Waals surface area contributed by atoms with Crippen LogP contribution in [0.5, 0.6) is 0 Å². The second-order valence-corrected chi connectivity index (χ2v) is 5.71. The van der Waals surface area contributed by atoms with Crippen molar-refractivity contribution in [1.82, 2.24) is 5.32 Å². The van der Waals surface area contributed by atoms with Crippen molar-refractivity contribution in [2.45, 2.75) is 45.3 Å². The minimum atomic E-state index is -0.0335. The highest BCUT2D eigenvalue weighted by Crippen LogP contribution is 2.25. The molecule has 0 spiro atoms. The fourth-order valence-corrected chi connectivity index (χ4v) is 2.33. The lowest BCUT2D eigenvalue weighted by Gasteiger charge is -2.28. The summed E-state index contributed by atoms with van der Waals surface area (Å²) >= 11 is 0. The van der Waals surface area contributed by atoms with Gasteiger partial charge in [-0.3, -0.25) is 0 Å². The molecule has 0 fully saturated rings. The van der Waals surface area contributed by atoms with E-state index in [1.54, 1.807) is 0 Å². The zero-order valence-electron chi connectivity index (χ0n) is 11.1. The molecule has 1 aromatic carbocycles. The van der Waals surface area contributed by atoms with Gasteiger partial charge < -0.3 is 10.1 Å². The Morgan fingerprint density at radius 3 is 2.82 bits per heavy atom. The van der Waals surface area contributed by atoms with Gasteiger partial charge in [0.2, 0.25) is 0 Å². The molecule has 2 heteroatoms. The van der Waals surface area contributed by atoms with Gasteiger partial charge in [0.25, 0.3) is 0 Å². The van der Waals surface area contributed by atoms with E-state index in [4.69, 9.17) is 4.74 Å². The Labute approximate surface area is 104 Å². The first kappa shape index (κ1) is 12.6. The molecule has 1 N–H and O–H groups in total. The molecule has 0 bridgehead atoms. The number of ether oxygens (including phenoxy) is 1. The normalized spacial score (nSPS) is 20.1. The fraction of sp³-hybridized carbons (Fsp3) is 0.600. The third-order valence-electron chi connectivity index (χ3n) is 3.16. The molecule has 1 heterocycles. The molecular weight excluding hydrogens is 210 g/mol. The van der Waals surface area contributed by atoms with Crippen LogP contribution < -0.4 is 5.32 Å². The minimum absolute atomic E-state index is 0.0335. The van der Waals surface area contributed by atoms with Gasteiger partial charge in [-0.1, -0.05) is 24.3 Å². The van der Waals surface area contributed by atoms with E-state index in [0.29, 0.717) is 6.04 Å². The maximum atomic E-state index is 5.81. The maximum Gasteiger partial charge on any atom is 0.0598 e. The van der Waals surface area contributed by atoms with Crippen molar-refractivity contribution < 1.29 is 4.74 Å². The maximum absolute atomic E-state index is 5.81. The summed E-state index contributed by atoms with van der Waals surface area (Å²) < 4.78 is 5.81. The van der Waals surface area contributed by atoms with Gasteiger partial charge in [0, 0.05) is 12.6 Å². The highest BCUT2D eigenvalue weighted by Gasteiger charge is 2.19. The van der Waals surface area contributed by atoms with Crippen LogP contribution in [0.2, 0.25) is 0 Å². The van der Waals surface area contributed by atoms with Gasteiger partial charge in [-0.15, -0.1) is 0 Å². The van der Waals surface area contributed by atoms with Gasteiger partial charge in [-0.2, -0.15) is 0 Å². The Balaban J connectivity index is 1.95. The van der Waals surface area contributed by atoms with E-state index < -0.39 is 0 Å². The molecule has 94 valence electrons. The fourth-order valence-electron chi connectivity index (χ4n) is 2.33.